The highest BCUT2D eigenvalue weighted by molar-refractivity contribution is 7.99. The molecule has 0 fully saturated rings. The molecule has 2 heterocycles. The summed E-state index contributed by atoms with van der Waals surface area (Å²) in [5.41, 5.74) is 0.399. The van der Waals surface area contributed by atoms with Gasteiger partial charge in [-0.1, -0.05) is 19.1 Å². The van der Waals surface area contributed by atoms with E-state index in [4.69, 9.17) is 4.74 Å². The molecule has 140 valence electrons. The molecular weight excluding hydrogens is 365 g/mol. The van der Waals surface area contributed by atoms with Crippen LogP contribution in [0.3, 0.4) is 0 Å². The van der Waals surface area contributed by atoms with E-state index in [-0.39, 0.29) is 22.8 Å². The van der Waals surface area contributed by atoms with Crippen LogP contribution in [0.1, 0.15) is 24.5 Å². The second-order valence-corrected chi connectivity index (χ2v) is 7.16. The molecule has 0 radical (unpaired) electrons. The van der Waals surface area contributed by atoms with Crippen molar-refractivity contribution >= 4 is 23.1 Å². The van der Waals surface area contributed by atoms with Crippen LogP contribution in [0.25, 0.3) is 5.57 Å². The first-order chi connectivity index (χ1) is 12.4. The van der Waals surface area contributed by atoms with Gasteiger partial charge in [-0.3, -0.25) is 4.79 Å². The third-order valence-corrected chi connectivity index (χ3v) is 4.90. The third kappa shape index (κ3) is 3.85. The maximum absolute atomic E-state index is 13.1. The zero-order valence-corrected chi connectivity index (χ0v) is 15.0. The quantitative estimate of drug-likeness (QED) is 0.581. The number of carbonyl (C=O) groups excluding carboxylic acids is 1. The summed E-state index contributed by atoms with van der Waals surface area (Å²) >= 11 is 1.59. The molecule has 3 rings (SSSR count). The Hall–Kier alpha value is -2.09. The molecular formula is C18H19F3N2O2S. The van der Waals surface area contributed by atoms with Gasteiger partial charge in [0.05, 0.1) is 17.0 Å². The lowest BCUT2D eigenvalue weighted by atomic mass is 9.95. The van der Waals surface area contributed by atoms with Gasteiger partial charge in [-0.15, -0.1) is 11.8 Å². The average molecular weight is 384 g/mol. The average Bonchev–Trinajstić information content (AvgIpc) is 3.22. The van der Waals surface area contributed by atoms with Crippen LogP contribution in [0.4, 0.5) is 13.2 Å². The van der Waals surface area contributed by atoms with Crippen LogP contribution >= 0.6 is 11.8 Å². The minimum Gasteiger partial charge on any atom is -0.462 e. The second kappa shape index (κ2) is 7.65. The van der Waals surface area contributed by atoms with E-state index in [9.17, 15) is 18.0 Å². The molecule has 2 aliphatic rings. The zero-order valence-electron chi connectivity index (χ0n) is 14.2. The molecule has 8 heteroatoms. The molecule has 0 spiro atoms. The van der Waals surface area contributed by atoms with E-state index in [2.05, 4.69) is 10.6 Å². The monoisotopic (exact) mass is 384 g/mol. The molecule has 0 aromatic heterocycles. The van der Waals surface area contributed by atoms with Crippen molar-refractivity contribution in [1.82, 2.24) is 10.6 Å². The van der Waals surface area contributed by atoms with Gasteiger partial charge in [0.15, 0.2) is 12.0 Å². The number of hydrogen-bond acceptors (Lipinski definition) is 5. The van der Waals surface area contributed by atoms with Crippen LogP contribution in [-0.2, 0) is 15.7 Å². The molecule has 4 nitrogen and oxygen atoms in total. The van der Waals surface area contributed by atoms with Crippen LogP contribution in [0.5, 0.6) is 0 Å². The Bertz CT molecular complexity index is 759. The van der Waals surface area contributed by atoms with Crippen LogP contribution in [-0.4, -0.2) is 30.1 Å². The smallest absolute Gasteiger partial charge is 0.416 e. The van der Waals surface area contributed by atoms with Crippen molar-refractivity contribution in [2.75, 3.05) is 18.2 Å². The van der Waals surface area contributed by atoms with Crippen molar-refractivity contribution in [3.8, 4) is 0 Å². The lowest BCUT2D eigenvalue weighted by Crippen LogP contribution is -2.21. The van der Waals surface area contributed by atoms with Crippen LogP contribution < -0.4 is 10.6 Å². The fourth-order valence-electron chi connectivity index (χ4n) is 2.89. The number of ether oxygens (including phenoxy) is 1. The Balaban J connectivity index is 1.95. The van der Waals surface area contributed by atoms with E-state index in [1.54, 1.807) is 18.0 Å². The molecule has 0 bridgehead atoms. The van der Waals surface area contributed by atoms with Crippen LogP contribution in [0.15, 0.2) is 41.9 Å². The first-order valence-corrected chi connectivity index (χ1v) is 9.44. The van der Waals surface area contributed by atoms with Crippen LogP contribution in [0.2, 0.25) is 0 Å². The van der Waals surface area contributed by atoms with E-state index >= 15 is 0 Å². The Morgan fingerprint density at radius 1 is 1.38 bits per heavy atom. The lowest BCUT2D eigenvalue weighted by molar-refractivity contribution is -0.137. The van der Waals surface area contributed by atoms with Crippen molar-refractivity contribution in [3.63, 3.8) is 0 Å². The van der Waals surface area contributed by atoms with Crippen molar-refractivity contribution < 1.29 is 22.7 Å². The van der Waals surface area contributed by atoms with E-state index in [1.807, 2.05) is 6.92 Å². The van der Waals surface area contributed by atoms with Crippen molar-refractivity contribution in [2.45, 2.75) is 25.6 Å². The molecule has 1 atom stereocenters. The minimum absolute atomic E-state index is 0.172. The standard InChI is InChI=1S/C18H19F3N2O2S/c1-2-26-10-23-17-14(11-4-3-5-13(8-11)18(19,20)21)15(24)16(25-17)12-6-7-22-9-12/h3-5,8-9,16,22-23H,2,6-7,10H2,1H3. The number of hydrogen-bond donors (Lipinski definition) is 2. The zero-order chi connectivity index (χ0) is 18.7. The maximum atomic E-state index is 13.1. The van der Waals surface area contributed by atoms with E-state index < -0.39 is 17.8 Å². The highest BCUT2D eigenvalue weighted by atomic mass is 32.2. The number of ketones is 1. The summed E-state index contributed by atoms with van der Waals surface area (Å²) < 4.78 is 45.0. The fraction of sp³-hybridized carbons (Fsp3) is 0.389. The number of halogens is 3. The Labute approximate surface area is 153 Å². The summed E-state index contributed by atoms with van der Waals surface area (Å²) in [7, 11) is 0. The van der Waals surface area contributed by atoms with Gasteiger partial charge in [-0.25, -0.2) is 0 Å². The van der Waals surface area contributed by atoms with Crippen molar-refractivity contribution in [1.29, 1.82) is 0 Å². The Morgan fingerprint density at radius 3 is 2.85 bits per heavy atom. The van der Waals surface area contributed by atoms with Gasteiger partial charge in [-0.2, -0.15) is 13.2 Å². The molecule has 0 amide bonds. The lowest BCUT2D eigenvalue weighted by Gasteiger charge is -2.13. The number of thioether (sulfide) groups is 1. The molecule has 0 saturated heterocycles. The molecule has 2 aliphatic heterocycles. The fourth-order valence-corrected chi connectivity index (χ4v) is 3.33. The largest absolute Gasteiger partial charge is 0.462 e. The first-order valence-electron chi connectivity index (χ1n) is 8.28. The molecule has 0 saturated carbocycles. The normalized spacial score (nSPS) is 20.1. The highest BCUT2D eigenvalue weighted by Crippen LogP contribution is 2.36. The topological polar surface area (TPSA) is 50.4 Å². The second-order valence-electron chi connectivity index (χ2n) is 5.88. The molecule has 2 N–H and O–H groups in total. The van der Waals surface area contributed by atoms with Gasteiger partial charge in [0.2, 0.25) is 5.78 Å². The number of Topliss-reactive ketones (excluding diaryl/α,β-unsaturated/α-hetero) is 1. The number of rotatable bonds is 6. The van der Waals surface area contributed by atoms with E-state index in [0.29, 0.717) is 12.3 Å². The maximum Gasteiger partial charge on any atom is 0.416 e. The predicted molar refractivity (Wildman–Crippen MR) is 95.1 cm³/mol. The molecule has 1 unspecified atom stereocenters. The Kier molecular flexibility index (Phi) is 5.50. The summed E-state index contributed by atoms with van der Waals surface area (Å²) in [6, 6.07) is 4.80. The molecule has 26 heavy (non-hydrogen) atoms. The minimum atomic E-state index is -4.47. The van der Waals surface area contributed by atoms with Gasteiger partial charge in [0, 0.05) is 6.54 Å². The summed E-state index contributed by atoms with van der Waals surface area (Å²) in [6.07, 6.45) is -2.84. The summed E-state index contributed by atoms with van der Waals surface area (Å²) in [5.74, 6) is 1.30. The molecule has 1 aromatic carbocycles. The van der Waals surface area contributed by atoms with E-state index in [1.165, 1.54) is 12.1 Å². The van der Waals surface area contributed by atoms with Crippen molar-refractivity contribution in [3.05, 3.63) is 53.0 Å². The van der Waals surface area contributed by atoms with Gasteiger partial charge in [-0.05, 0) is 41.6 Å². The molecule has 0 aliphatic carbocycles. The first kappa shape index (κ1) is 18.7. The summed E-state index contributed by atoms with van der Waals surface area (Å²) in [5, 5.41) is 6.08. The van der Waals surface area contributed by atoms with Crippen LogP contribution in [0, 0.1) is 0 Å². The number of alkyl halides is 3. The third-order valence-electron chi connectivity index (χ3n) is 4.15. The molecule has 1 aromatic rings. The number of carbonyl (C=O) groups is 1. The van der Waals surface area contributed by atoms with Crippen molar-refractivity contribution in [2.24, 2.45) is 0 Å². The summed E-state index contributed by atoms with van der Waals surface area (Å²) in [6.45, 7) is 2.71. The van der Waals surface area contributed by atoms with E-state index in [0.717, 1.165) is 30.0 Å². The highest BCUT2D eigenvalue weighted by Gasteiger charge is 2.40. The number of benzene rings is 1. The Morgan fingerprint density at radius 2 is 2.19 bits per heavy atom. The van der Waals surface area contributed by atoms with Gasteiger partial charge >= 0.3 is 6.18 Å². The number of nitrogens with one attached hydrogen (secondary N) is 2. The van der Waals surface area contributed by atoms with Gasteiger partial charge in [0.1, 0.15) is 0 Å². The SMILES string of the molecule is CCSCNC1=C(c2cccc(C(F)(F)F)c2)C(=O)C(C2=CNCC2)O1. The summed E-state index contributed by atoms with van der Waals surface area (Å²) in [4.78, 5) is 12.9. The predicted octanol–water partition coefficient (Wildman–Crippen LogP) is 3.52. The van der Waals surface area contributed by atoms with Gasteiger partial charge in [0.25, 0.3) is 0 Å². The van der Waals surface area contributed by atoms with Gasteiger partial charge < -0.3 is 15.4 Å².